The second-order valence-electron chi connectivity index (χ2n) is 6.18. The van der Waals surface area contributed by atoms with E-state index in [0.717, 1.165) is 33.4 Å². The van der Waals surface area contributed by atoms with Crippen LogP contribution in [0, 0.1) is 6.92 Å². The molecule has 130 valence electrons. The quantitative estimate of drug-likeness (QED) is 0.879. The molecule has 0 amide bonds. The van der Waals surface area contributed by atoms with E-state index < -0.39 is 12.2 Å². The van der Waals surface area contributed by atoms with E-state index in [2.05, 4.69) is 0 Å². The second kappa shape index (κ2) is 6.97. The average molecular weight is 332 g/mol. The Balaban J connectivity index is 1.99. The highest BCUT2D eigenvalue weighted by Crippen LogP contribution is 2.41. The maximum Gasteiger partial charge on any atom is 0.130 e. The van der Waals surface area contributed by atoms with Gasteiger partial charge in [-0.1, -0.05) is 24.3 Å². The van der Waals surface area contributed by atoms with Gasteiger partial charge in [-0.25, -0.2) is 0 Å². The van der Waals surface area contributed by atoms with Crippen molar-refractivity contribution in [3.8, 4) is 11.5 Å². The number of aliphatic hydroxyl groups is 2. The Kier molecular flexibility index (Phi) is 4.94. The molecule has 2 aromatic carbocycles. The van der Waals surface area contributed by atoms with Crippen molar-refractivity contribution < 1.29 is 24.4 Å². The lowest BCUT2D eigenvalue weighted by atomic mass is 9.93. The predicted molar refractivity (Wildman–Crippen MR) is 91.9 cm³/mol. The summed E-state index contributed by atoms with van der Waals surface area (Å²) < 4.78 is 16.8. The van der Waals surface area contributed by atoms with E-state index in [1.54, 1.807) is 14.2 Å². The van der Waals surface area contributed by atoms with Crippen LogP contribution in [0.5, 0.6) is 11.5 Å². The Bertz CT molecular complexity index is 727. The van der Waals surface area contributed by atoms with Crippen LogP contribution in [0.25, 0.3) is 10.8 Å². The van der Waals surface area contributed by atoms with E-state index in [0.29, 0.717) is 12.8 Å². The number of hydrogen-bond acceptors (Lipinski definition) is 5. The van der Waals surface area contributed by atoms with Gasteiger partial charge in [0, 0.05) is 16.3 Å². The molecule has 3 unspecified atom stereocenters. The molecule has 0 bridgehead atoms. The lowest BCUT2D eigenvalue weighted by Gasteiger charge is -2.20. The molecule has 2 aromatic rings. The first-order chi connectivity index (χ1) is 11.6. The third kappa shape index (κ3) is 2.83. The van der Waals surface area contributed by atoms with Crippen molar-refractivity contribution in [2.75, 3.05) is 20.8 Å². The molecule has 5 heteroatoms. The van der Waals surface area contributed by atoms with E-state index in [-0.39, 0.29) is 12.7 Å². The molecule has 0 aliphatic carbocycles. The Morgan fingerprint density at radius 1 is 1.08 bits per heavy atom. The third-order valence-electron chi connectivity index (χ3n) is 4.83. The summed E-state index contributed by atoms with van der Waals surface area (Å²) in [5, 5.41) is 21.6. The van der Waals surface area contributed by atoms with Crippen molar-refractivity contribution in [2.24, 2.45) is 0 Å². The summed E-state index contributed by atoms with van der Waals surface area (Å²) >= 11 is 0. The van der Waals surface area contributed by atoms with Gasteiger partial charge in [0.15, 0.2) is 0 Å². The van der Waals surface area contributed by atoms with Crippen LogP contribution in [0.15, 0.2) is 24.3 Å². The number of hydrogen-bond donors (Lipinski definition) is 2. The zero-order valence-corrected chi connectivity index (χ0v) is 14.3. The lowest BCUT2D eigenvalue weighted by molar-refractivity contribution is 0.0196. The van der Waals surface area contributed by atoms with E-state index in [9.17, 15) is 10.2 Å². The monoisotopic (exact) mass is 332 g/mol. The van der Waals surface area contributed by atoms with Crippen LogP contribution in [0.3, 0.4) is 0 Å². The van der Waals surface area contributed by atoms with E-state index >= 15 is 0 Å². The summed E-state index contributed by atoms with van der Waals surface area (Å²) in [7, 11) is 3.34. The number of aliphatic hydroxyl groups excluding tert-OH is 2. The Morgan fingerprint density at radius 3 is 2.25 bits per heavy atom. The molecule has 24 heavy (non-hydrogen) atoms. The molecular formula is C19H24O5. The van der Waals surface area contributed by atoms with Crippen LogP contribution in [0.4, 0.5) is 0 Å². The van der Waals surface area contributed by atoms with E-state index in [1.807, 2.05) is 31.2 Å². The van der Waals surface area contributed by atoms with E-state index in [4.69, 9.17) is 14.2 Å². The molecule has 1 aliphatic heterocycles. The fraction of sp³-hybridized carbons (Fsp3) is 0.474. The van der Waals surface area contributed by atoms with Crippen LogP contribution in [0.1, 0.15) is 17.5 Å². The first-order valence-corrected chi connectivity index (χ1v) is 8.18. The number of ether oxygens (including phenoxy) is 3. The largest absolute Gasteiger partial charge is 0.496 e. The van der Waals surface area contributed by atoms with Crippen molar-refractivity contribution in [1.82, 2.24) is 0 Å². The van der Waals surface area contributed by atoms with Gasteiger partial charge in [0.2, 0.25) is 0 Å². The summed E-state index contributed by atoms with van der Waals surface area (Å²) in [6.45, 7) is 2.20. The number of rotatable bonds is 5. The minimum absolute atomic E-state index is 0.184. The number of methoxy groups -OCH3 is 2. The molecule has 2 N–H and O–H groups in total. The Labute approximate surface area is 141 Å². The second-order valence-corrected chi connectivity index (χ2v) is 6.18. The lowest BCUT2D eigenvalue weighted by Crippen LogP contribution is -2.30. The van der Waals surface area contributed by atoms with Crippen molar-refractivity contribution in [3.63, 3.8) is 0 Å². The minimum atomic E-state index is -0.835. The Hall–Kier alpha value is -1.82. The maximum absolute atomic E-state index is 9.97. The van der Waals surface area contributed by atoms with Gasteiger partial charge >= 0.3 is 0 Å². The van der Waals surface area contributed by atoms with Crippen molar-refractivity contribution in [1.29, 1.82) is 0 Å². The molecule has 3 rings (SSSR count). The van der Waals surface area contributed by atoms with Crippen molar-refractivity contribution in [2.45, 2.75) is 38.1 Å². The summed E-state index contributed by atoms with van der Waals surface area (Å²) in [6.07, 6.45) is -0.717. The SMILES string of the molecule is COc1c(C)c(CCC2OCC(O)C2O)c(OC)c2ccccc12. The molecule has 0 spiro atoms. The van der Waals surface area contributed by atoms with E-state index in [1.165, 1.54) is 0 Å². The van der Waals surface area contributed by atoms with Crippen LogP contribution >= 0.6 is 0 Å². The van der Waals surface area contributed by atoms with Gasteiger partial charge in [0.1, 0.15) is 23.7 Å². The van der Waals surface area contributed by atoms with Gasteiger partial charge in [0.05, 0.1) is 26.9 Å². The molecule has 1 saturated heterocycles. The highest BCUT2D eigenvalue weighted by atomic mass is 16.5. The molecule has 3 atom stereocenters. The molecule has 0 aromatic heterocycles. The first kappa shape index (κ1) is 17.0. The average Bonchev–Trinajstić information content (AvgIpc) is 2.91. The van der Waals surface area contributed by atoms with Crippen molar-refractivity contribution in [3.05, 3.63) is 35.4 Å². The number of benzene rings is 2. The van der Waals surface area contributed by atoms with Crippen LogP contribution < -0.4 is 9.47 Å². The highest BCUT2D eigenvalue weighted by molar-refractivity contribution is 5.96. The van der Waals surface area contributed by atoms with Gasteiger partial charge in [-0.2, -0.15) is 0 Å². The zero-order chi connectivity index (χ0) is 17.3. The van der Waals surface area contributed by atoms with Gasteiger partial charge in [0.25, 0.3) is 0 Å². The smallest absolute Gasteiger partial charge is 0.130 e. The topological polar surface area (TPSA) is 68.2 Å². The predicted octanol–water partition coefficient (Wildman–Crippen LogP) is 2.22. The molecule has 0 saturated carbocycles. The summed E-state index contributed by atoms with van der Waals surface area (Å²) in [4.78, 5) is 0. The number of fused-ring (bicyclic) bond motifs is 1. The zero-order valence-electron chi connectivity index (χ0n) is 14.3. The normalized spacial score (nSPS) is 23.6. The standard InChI is InChI=1S/C19H24O5/c1-11-12(8-9-16-17(21)15(20)10-24-16)19(23-3)14-7-5-4-6-13(14)18(11)22-2/h4-7,15-17,20-21H,8-10H2,1-3H3. The Morgan fingerprint density at radius 2 is 1.71 bits per heavy atom. The third-order valence-corrected chi connectivity index (χ3v) is 4.83. The van der Waals surface area contributed by atoms with Crippen LogP contribution in [-0.4, -0.2) is 49.4 Å². The summed E-state index contributed by atoms with van der Waals surface area (Å²) in [6, 6.07) is 8.00. The minimum Gasteiger partial charge on any atom is -0.496 e. The molecule has 5 nitrogen and oxygen atoms in total. The molecule has 0 radical (unpaired) electrons. The summed E-state index contributed by atoms with van der Waals surface area (Å²) in [5.74, 6) is 1.67. The van der Waals surface area contributed by atoms with Gasteiger partial charge in [-0.05, 0) is 25.3 Å². The van der Waals surface area contributed by atoms with Gasteiger partial charge in [-0.3, -0.25) is 0 Å². The van der Waals surface area contributed by atoms with Gasteiger partial charge in [-0.15, -0.1) is 0 Å². The first-order valence-electron chi connectivity index (χ1n) is 8.18. The van der Waals surface area contributed by atoms with Crippen molar-refractivity contribution >= 4 is 10.8 Å². The van der Waals surface area contributed by atoms with Crippen LogP contribution in [-0.2, 0) is 11.2 Å². The molecule has 1 aliphatic rings. The van der Waals surface area contributed by atoms with Crippen LogP contribution in [0.2, 0.25) is 0 Å². The maximum atomic E-state index is 9.97. The summed E-state index contributed by atoms with van der Waals surface area (Å²) in [5.41, 5.74) is 2.08. The highest BCUT2D eigenvalue weighted by Gasteiger charge is 2.34. The fourth-order valence-electron chi connectivity index (χ4n) is 3.56. The molecule has 1 fully saturated rings. The molecular weight excluding hydrogens is 308 g/mol. The molecule has 1 heterocycles. The fourth-order valence-corrected chi connectivity index (χ4v) is 3.56. The van der Waals surface area contributed by atoms with Gasteiger partial charge < -0.3 is 24.4 Å².